The molecular weight excluding hydrogens is 468 g/mol. The number of aryl methyl sites for hydroxylation is 1. The number of likely N-dealkylation sites (tertiary alicyclic amines) is 1. The SMILES string of the molecule is Cc1ccc2c(c1)N(C(=O)CSc1nc3ccsc3c(=O)n1CCCN1CCCCC1)CCO2. The number of rotatable bonds is 7. The first-order chi connectivity index (χ1) is 16.6. The predicted octanol–water partition coefficient (Wildman–Crippen LogP) is 4.16. The van der Waals surface area contributed by atoms with Crippen molar-refractivity contribution in [1.82, 2.24) is 14.5 Å². The maximum Gasteiger partial charge on any atom is 0.272 e. The molecule has 0 atom stereocenters. The molecule has 2 aliphatic rings. The first kappa shape index (κ1) is 23.4. The molecule has 9 heteroatoms. The Labute approximate surface area is 207 Å². The number of aromatic nitrogens is 2. The predicted molar refractivity (Wildman–Crippen MR) is 139 cm³/mol. The lowest BCUT2D eigenvalue weighted by atomic mass is 10.1. The van der Waals surface area contributed by atoms with Gasteiger partial charge in [-0.25, -0.2) is 4.98 Å². The zero-order valence-corrected chi connectivity index (χ0v) is 21.1. The molecule has 3 aromatic rings. The van der Waals surface area contributed by atoms with Crippen molar-refractivity contribution in [2.45, 2.75) is 44.3 Å². The van der Waals surface area contributed by atoms with E-state index in [0.717, 1.165) is 43.1 Å². The van der Waals surface area contributed by atoms with Gasteiger partial charge in [0, 0.05) is 6.54 Å². The van der Waals surface area contributed by atoms with Gasteiger partial charge in [0.15, 0.2) is 5.16 Å². The lowest BCUT2D eigenvalue weighted by Crippen LogP contribution is -2.39. The Morgan fingerprint density at radius 2 is 2.00 bits per heavy atom. The maximum absolute atomic E-state index is 13.2. The largest absolute Gasteiger partial charge is 0.490 e. The van der Waals surface area contributed by atoms with Gasteiger partial charge in [-0.3, -0.25) is 14.2 Å². The van der Waals surface area contributed by atoms with Gasteiger partial charge in [-0.05, 0) is 75.0 Å². The molecular formula is C25H30N4O3S2. The molecule has 0 saturated carbocycles. The van der Waals surface area contributed by atoms with Gasteiger partial charge < -0.3 is 14.5 Å². The van der Waals surface area contributed by atoms with Crippen molar-refractivity contribution >= 4 is 44.9 Å². The van der Waals surface area contributed by atoms with Crippen LogP contribution in [0.1, 0.15) is 31.2 Å². The van der Waals surface area contributed by atoms with Crippen molar-refractivity contribution in [3.05, 3.63) is 45.6 Å². The van der Waals surface area contributed by atoms with Crippen LogP contribution in [0.3, 0.4) is 0 Å². The second-order valence-corrected chi connectivity index (χ2v) is 10.8. The second-order valence-electron chi connectivity index (χ2n) is 8.90. The molecule has 7 nitrogen and oxygen atoms in total. The van der Waals surface area contributed by atoms with E-state index in [1.54, 1.807) is 9.47 Å². The summed E-state index contributed by atoms with van der Waals surface area (Å²) in [4.78, 5) is 35.5. The monoisotopic (exact) mass is 498 g/mol. The van der Waals surface area contributed by atoms with Crippen LogP contribution < -0.4 is 15.2 Å². The Balaban J connectivity index is 1.32. The summed E-state index contributed by atoms with van der Waals surface area (Å²) >= 11 is 2.79. The van der Waals surface area contributed by atoms with Crippen LogP contribution in [-0.2, 0) is 11.3 Å². The van der Waals surface area contributed by atoms with Crippen LogP contribution in [0.2, 0.25) is 0 Å². The van der Waals surface area contributed by atoms with E-state index in [0.29, 0.717) is 35.1 Å². The zero-order valence-electron chi connectivity index (χ0n) is 19.5. The molecule has 0 N–H and O–H groups in total. The van der Waals surface area contributed by atoms with Crippen molar-refractivity contribution in [3.8, 4) is 5.75 Å². The minimum absolute atomic E-state index is 0.000295. The van der Waals surface area contributed by atoms with Gasteiger partial charge in [0.25, 0.3) is 5.56 Å². The van der Waals surface area contributed by atoms with Crippen molar-refractivity contribution in [1.29, 1.82) is 0 Å². The number of hydrogen-bond donors (Lipinski definition) is 0. The van der Waals surface area contributed by atoms with Crippen molar-refractivity contribution in [3.63, 3.8) is 0 Å². The molecule has 0 aliphatic carbocycles. The van der Waals surface area contributed by atoms with Crippen LogP contribution in [0, 0.1) is 6.92 Å². The Bertz CT molecular complexity index is 1230. The third-order valence-electron chi connectivity index (χ3n) is 6.44. The van der Waals surface area contributed by atoms with Crippen LogP contribution in [0.15, 0.2) is 39.6 Å². The molecule has 0 unspecified atom stereocenters. The van der Waals surface area contributed by atoms with E-state index in [-0.39, 0.29) is 17.2 Å². The lowest BCUT2D eigenvalue weighted by Gasteiger charge is -2.30. The number of nitrogens with zero attached hydrogens (tertiary/aromatic N) is 4. The minimum Gasteiger partial charge on any atom is -0.490 e. The number of piperidine rings is 1. The Morgan fingerprint density at radius 3 is 2.85 bits per heavy atom. The van der Waals surface area contributed by atoms with E-state index in [4.69, 9.17) is 9.72 Å². The number of amides is 1. The van der Waals surface area contributed by atoms with E-state index >= 15 is 0 Å². The summed E-state index contributed by atoms with van der Waals surface area (Å²) < 4.78 is 8.19. The number of hydrogen-bond acceptors (Lipinski definition) is 7. The molecule has 1 saturated heterocycles. The van der Waals surface area contributed by atoms with Gasteiger partial charge in [0.05, 0.1) is 23.5 Å². The fourth-order valence-corrected chi connectivity index (χ4v) is 6.34. The van der Waals surface area contributed by atoms with Gasteiger partial charge in [0.1, 0.15) is 17.1 Å². The molecule has 34 heavy (non-hydrogen) atoms. The third-order valence-corrected chi connectivity index (χ3v) is 8.29. The number of fused-ring (bicyclic) bond motifs is 2. The first-order valence-electron chi connectivity index (χ1n) is 12.0. The first-order valence-corrected chi connectivity index (χ1v) is 13.8. The molecule has 1 amide bonds. The van der Waals surface area contributed by atoms with Gasteiger partial charge in [-0.1, -0.05) is 24.2 Å². The smallest absolute Gasteiger partial charge is 0.272 e. The molecule has 2 aliphatic heterocycles. The minimum atomic E-state index is -0.000295. The topological polar surface area (TPSA) is 67.7 Å². The zero-order chi connectivity index (χ0) is 23.5. The van der Waals surface area contributed by atoms with E-state index in [1.165, 1.54) is 42.4 Å². The average Bonchev–Trinajstić information content (AvgIpc) is 3.33. The summed E-state index contributed by atoms with van der Waals surface area (Å²) in [7, 11) is 0. The maximum atomic E-state index is 13.2. The van der Waals surface area contributed by atoms with Gasteiger partial charge in [-0.15, -0.1) is 11.3 Å². The van der Waals surface area contributed by atoms with Crippen LogP contribution >= 0.6 is 23.1 Å². The summed E-state index contributed by atoms with van der Waals surface area (Å²) in [6, 6.07) is 7.78. The number of thiophene rings is 1. The van der Waals surface area contributed by atoms with Crippen LogP contribution in [0.25, 0.3) is 10.2 Å². The fourth-order valence-electron chi connectivity index (χ4n) is 4.66. The Kier molecular flexibility index (Phi) is 7.22. The lowest BCUT2D eigenvalue weighted by molar-refractivity contribution is -0.116. The highest BCUT2D eigenvalue weighted by Crippen LogP contribution is 2.33. The number of carbonyl (C=O) groups excluding carboxylic acids is 1. The van der Waals surface area contributed by atoms with Crippen molar-refractivity contribution in [2.75, 3.05) is 43.4 Å². The summed E-state index contributed by atoms with van der Waals surface area (Å²) in [6.07, 6.45) is 4.74. The highest BCUT2D eigenvalue weighted by atomic mass is 32.2. The normalized spacial score (nSPS) is 16.4. The van der Waals surface area contributed by atoms with E-state index in [9.17, 15) is 9.59 Å². The highest BCUT2D eigenvalue weighted by molar-refractivity contribution is 7.99. The molecule has 5 rings (SSSR count). The Morgan fingerprint density at radius 1 is 1.15 bits per heavy atom. The van der Waals surface area contributed by atoms with Crippen molar-refractivity contribution < 1.29 is 9.53 Å². The van der Waals surface area contributed by atoms with Gasteiger partial charge in [0.2, 0.25) is 5.91 Å². The number of thioether (sulfide) groups is 1. The number of ether oxygens (including phenoxy) is 1. The number of benzene rings is 1. The summed E-state index contributed by atoms with van der Waals surface area (Å²) in [5.41, 5.74) is 2.62. The summed E-state index contributed by atoms with van der Waals surface area (Å²) in [6.45, 7) is 6.91. The van der Waals surface area contributed by atoms with E-state index in [1.807, 2.05) is 36.6 Å². The molecule has 2 aromatic heterocycles. The van der Waals surface area contributed by atoms with E-state index in [2.05, 4.69) is 4.90 Å². The molecule has 4 heterocycles. The van der Waals surface area contributed by atoms with Crippen LogP contribution in [0.5, 0.6) is 5.75 Å². The Hall–Kier alpha value is -2.36. The number of carbonyl (C=O) groups is 1. The summed E-state index contributed by atoms with van der Waals surface area (Å²) in [5.74, 6) is 0.962. The van der Waals surface area contributed by atoms with Gasteiger partial charge >= 0.3 is 0 Å². The molecule has 1 fully saturated rings. The third kappa shape index (κ3) is 5.01. The molecule has 0 bridgehead atoms. The summed E-state index contributed by atoms with van der Waals surface area (Å²) in [5, 5.41) is 2.53. The molecule has 0 spiro atoms. The van der Waals surface area contributed by atoms with Crippen LogP contribution in [-0.4, -0.2) is 58.9 Å². The molecule has 1 aromatic carbocycles. The highest BCUT2D eigenvalue weighted by Gasteiger charge is 2.24. The van der Waals surface area contributed by atoms with Crippen LogP contribution in [0.4, 0.5) is 5.69 Å². The molecule has 180 valence electrons. The number of anilines is 1. The van der Waals surface area contributed by atoms with E-state index < -0.39 is 0 Å². The standard InChI is InChI=1S/C25H30N4O3S2/c1-18-6-7-21-20(16-18)28(13-14-32-21)22(30)17-34-25-26-19-8-15-33-23(19)24(31)29(25)12-5-11-27-9-3-2-4-10-27/h6-8,15-16H,2-5,9-14,17H2,1H3. The fraction of sp³-hybridized carbons (Fsp3) is 0.480. The van der Waals surface area contributed by atoms with Crippen molar-refractivity contribution in [2.24, 2.45) is 0 Å². The van der Waals surface area contributed by atoms with Gasteiger partial charge in [-0.2, -0.15) is 0 Å². The quantitative estimate of drug-likeness (QED) is 0.360. The average molecular weight is 499 g/mol. The molecule has 0 radical (unpaired) electrons. The second kappa shape index (κ2) is 10.5.